The number of rotatable bonds is 5. The van der Waals surface area contributed by atoms with E-state index in [1.54, 1.807) is 17.2 Å². The van der Waals surface area contributed by atoms with E-state index in [0.717, 1.165) is 15.9 Å². The Labute approximate surface area is 178 Å². The topological polar surface area (TPSA) is 111 Å². The van der Waals surface area contributed by atoms with E-state index >= 15 is 0 Å². The number of carbonyl (C=O) groups excluding carboxylic acids is 3. The zero-order valence-corrected chi connectivity index (χ0v) is 16.8. The Kier molecular flexibility index (Phi) is 4.46. The van der Waals surface area contributed by atoms with Crippen LogP contribution in [0.5, 0.6) is 0 Å². The van der Waals surface area contributed by atoms with Crippen molar-refractivity contribution in [1.29, 1.82) is 0 Å². The lowest BCUT2D eigenvalue weighted by molar-refractivity contribution is -0.724. The van der Waals surface area contributed by atoms with E-state index in [2.05, 4.69) is 10.6 Å². The number of nitrogens with one attached hydrogen (secondary N) is 2. The third-order valence-corrected chi connectivity index (χ3v) is 6.10. The molecule has 4 aliphatic rings. The molecule has 31 heavy (non-hydrogen) atoms. The molecular weight excluding hydrogens is 400 g/mol. The highest BCUT2D eigenvalue weighted by Gasteiger charge is 2.45. The molecule has 4 unspecified atom stereocenters. The van der Waals surface area contributed by atoms with E-state index in [0.29, 0.717) is 17.9 Å². The van der Waals surface area contributed by atoms with Crippen LogP contribution in [0.2, 0.25) is 0 Å². The SMILES string of the molecule is C[CH-]c1ccc2c(c1)C(=O)N(CC(C1=CC3C=[N+](O)C=CC3O1)C1NC(=O)NC1=O)C2. The lowest BCUT2D eigenvalue weighted by atomic mass is 9.94. The van der Waals surface area contributed by atoms with Gasteiger partial charge in [0.2, 0.25) is 18.3 Å². The molecule has 160 valence electrons. The fourth-order valence-corrected chi connectivity index (χ4v) is 4.48. The molecule has 1 saturated heterocycles. The van der Waals surface area contributed by atoms with Gasteiger partial charge in [0, 0.05) is 19.2 Å². The van der Waals surface area contributed by atoms with Gasteiger partial charge in [-0.3, -0.25) is 20.1 Å². The highest BCUT2D eigenvalue weighted by atomic mass is 16.5. The number of urea groups is 1. The smallest absolute Gasteiger partial charge is 0.322 e. The van der Waals surface area contributed by atoms with Gasteiger partial charge in [-0.05, 0) is 21.9 Å². The molecule has 1 fully saturated rings. The number of amides is 4. The van der Waals surface area contributed by atoms with Crippen molar-refractivity contribution < 1.29 is 29.1 Å². The van der Waals surface area contributed by atoms with Gasteiger partial charge in [0.15, 0.2) is 0 Å². The van der Waals surface area contributed by atoms with E-state index in [-0.39, 0.29) is 24.5 Å². The summed E-state index contributed by atoms with van der Waals surface area (Å²) in [5, 5.41) is 14.6. The van der Waals surface area contributed by atoms with Crippen LogP contribution < -0.4 is 10.6 Å². The number of imide groups is 1. The monoisotopic (exact) mass is 422 g/mol. The van der Waals surface area contributed by atoms with E-state index < -0.39 is 23.9 Å². The second-order valence-electron chi connectivity index (χ2n) is 8.04. The summed E-state index contributed by atoms with van der Waals surface area (Å²) in [4.78, 5) is 39.0. The Hall–Kier alpha value is -3.75. The fraction of sp³-hybridized carbons (Fsp3) is 0.318. The molecule has 9 nitrogen and oxygen atoms in total. The Morgan fingerprint density at radius 2 is 2.19 bits per heavy atom. The summed E-state index contributed by atoms with van der Waals surface area (Å²) in [6, 6.07) is 4.35. The van der Waals surface area contributed by atoms with Gasteiger partial charge in [-0.15, -0.1) is 6.07 Å². The molecule has 0 spiro atoms. The van der Waals surface area contributed by atoms with Crippen molar-refractivity contribution >= 4 is 24.1 Å². The van der Waals surface area contributed by atoms with Gasteiger partial charge in [0.25, 0.3) is 5.91 Å². The zero-order valence-electron chi connectivity index (χ0n) is 16.8. The van der Waals surface area contributed by atoms with Crippen molar-refractivity contribution in [2.24, 2.45) is 11.8 Å². The number of ether oxygens (including phenoxy) is 1. The van der Waals surface area contributed by atoms with Crippen LogP contribution in [0.25, 0.3) is 0 Å². The van der Waals surface area contributed by atoms with E-state index in [9.17, 15) is 19.6 Å². The lowest BCUT2D eigenvalue weighted by Gasteiger charge is -2.28. The normalized spacial score (nSPS) is 27.1. The first-order chi connectivity index (χ1) is 14.9. The molecule has 0 saturated carbocycles. The molecule has 5 rings (SSSR count). The molecule has 4 atom stereocenters. The summed E-state index contributed by atoms with van der Waals surface area (Å²) >= 11 is 0. The summed E-state index contributed by atoms with van der Waals surface area (Å²) in [7, 11) is 0. The molecule has 0 bridgehead atoms. The van der Waals surface area contributed by atoms with Crippen LogP contribution in [0.15, 0.2) is 42.3 Å². The van der Waals surface area contributed by atoms with Crippen molar-refractivity contribution in [3.8, 4) is 0 Å². The molecule has 1 aromatic rings. The van der Waals surface area contributed by atoms with Gasteiger partial charge in [-0.25, -0.2) is 4.79 Å². The summed E-state index contributed by atoms with van der Waals surface area (Å²) in [6.45, 7) is 2.54. The minimum atomic E-state index is -0.857. The third-order valence-electron chi connectivity index (χ3n) is 6.10. The summed E-state index contributed by atoms with van der Waals surface area (Å²) in [5.74, 6) is -0.828. The molecule has 0 aromatic heterocycles. The lowest BCUT2D eigenvalue weighted by Crippen LogP contribution is -2.44. The molecule has 4 amide bonds. The second-order valence-corrected chi connectivity index (χ2v) is 8.04. The number of benzene rings is 1. The zero-order chi connectivity index (χ0) is 21.7. The first-order valence-electron chi connectivity index (χ1n) is 10.1. The van der Waals surface area contributed by atoms with Gasteiger partial charge in [0.05, 0.1) is 5.92 Å². The molecule has 9 heteroatoms. The summed E-state index contributed by atoms with van der Waals surface area (Å²) in [5.41, 5.74) is 2.54. The van der Waals surface area contributed by atoms with Crippen molar-refractivity contribution in [3.05, 3.63) is 65.4 Å². The molecule has 4 aliphatic heterocycles. The predicted molar refractivity (Wildman–Crippen MR) is 108 cm³/mol. The molecule has 4 heterocycles. The minimum Gasteiger partial charge on any atom is -0.489 e. The van der Waals surface area contributed by atoms with Gasteiger partial charge in [0.1, 0.15) is 23.8 Å². The Bertz CT molecular complexity index is 1080. The first-order valence-corrected chi connectivity index (χ1v) is 10.1. The quantitative estimate of drug-likeness (QED) is 0.283. The predicted octanol–water partition coefficient (Wildman–Crippen LogP) is 0.938. The van der Waals surface area contributed by atoms with Crippen LogP contribution in [-0.4, -0.2) is 57.6 Å². The molecule has 0 radical (unpaired) electrons. The fourth-order valence-electron chi connectivity index (χ4n) is 4.48. The van der Waals surface area contributed by atoms with Crippen molar-refractivity contribution in [3.63, 3.8) is 0 Å². The largest absolute Gasteiger partial charge is 0.489 e. The van der Waals surface area contributed by atoms with Crippen molar-refractivity contribution in [2.75, 3.05) is 6.54 Å². The van der Waals surface area contributed by atoms with Crippen LogP contribution >= 0.6 is 0 Å². The number of hydrogen-bond donors (Lipinski definition) is 3. The average Bonchev–Trinajstić information content (AvgIpc) is 3.40. The van der Waals surface area contributed by atoms with Gasteiger partial charge < -0.3 is 15.0 Å². The van der Waals surface area contributed by atoms with Crippen LogP contribution in [0.3, 0.4) is 0 Å². The maximum Gasteiger partial charge on any atom is 0.322 e. The average molecular weight is 422 g/mol. The highest BCUT2D eigenvalue weighted by Crippen LogP contribution is 2.34. The van der Waals surface area contributed by atoms with Crippen molar-refractivity contribution in [1.82, 2.24) is 15.5 Å². The van der Waals surface area contributed by atoms with Crippen LogP contribution in [-0.2, 0) is 16.1 Å². The number of hydroxylamine groups is 1. The summed E-state index contributed by atoms with van der Waals surface area (Å²) < 4.78 is 7.03. The van der Waals surface area contributed by atoms with Gasteiger partial charge >= 0.3 is 6.03 Å². The third kappa shape index (κ3) is 3.31. The standard InChI is InChI=1S/C22H22N4O5/c1-2-12-3-4-13-9-25(21(28)15(13)7-12)11-16(19-20(27)24-22(29)23-19)18-8-14-10-26(30)6-5-17(14)31-18/h2-8,10,14,16-17,19,30H,9,11H2,1H3,(H2,23,24,27,29). The second kappa shape index (κ2) is 7.19. The summed E-state index contributed by atoms with van der Waals surface area (Å²) in [6.07, 6.45) is 8.26. The molecule has 0 aliphatic carbocycles. The van der Waals surface area contributed by atoms with E-state index in [1.165, 1.54) is 6.20 Å². The first kappa shape index (κ1) is 19.2. The van der Waals surface area contributed by atoms with Crippen LogP contribution in [0.1, 0.15) is 28.4 Å². The highest BCUT2D eigenvalue weighted by molar-refractivity contribution is 6.04. The van der Waals surface area contributed by atoms with E-state index in [4.69, 9.17) is 4.74 Å². The Morgan fingerprint density at radius 3 is 2.94 bits per heavy atom. The maximum atomic E-state index is 13.1. The Morgan fingerprint density at radius 1 is 1.35 bits per heavy atom. The molecule has 3 N–H and O–H groups in total. The van der Waals surface area contributed by atoms with Gasteiger partial charge in [-0.1, -0.05) is 6.92 Å². The number of fused-ring (bicyclic) bond motifs is 2. The molecular formula is C22H22N4O5. The minimum absolute atomic E-state index is 0.113. The van der Waals surface area contributed by atoms with Crippen LogP contribution in [0, 0.1) is 18.3 Å². The van der Waals surface area contributed by atoms with E-state index in [1.807, 2.05) is 37.6 Å². The maximum absolute atomic E-state index is 13.1. The number of nitrogens with zero attached hydrogens (tertiary/aromatic N) is 2. The Balaban J connectivity index is 1.43. The number of hydrogen-bond acceptors (Lipinski definition) is 5. The van der Waals surface area contributed by atoms with Crippen molar-refractivity contribution in [2.45, 2.75) is 25.6 Å². The number of carbonyl (C=O) groups is 3. The van der Waals surface area contributed by atoms with Crippen LogP contribution in [0.4, 0.5) is 4.79 Å². The molecule has 1 aromatic carbocycles. The van der Waals surface area contributed by atoms with Gasteiger partial charge in [-0.2, -0.15) is 24.1 Å².